The van der Waals surface area contributed by atoms with E-state index in [1.807, 2.05) is 0 Å². The number of amides is 1. The molecule has 0 radical (unpaired) electrons. The summed E-state index contributed by atoms with van der Waals surface area (Å²) in [5.41, 5.74) is 0.807. The predicted molar refractivity (Wildman–Crippen MR) is 61.8 cm³/mol. The van der Waals surface area contributed by atoms with Crippen molar-refractivity contribution in [2.45, 2.75) is 6.42 Å². The van der Waals surface area contributed by atoms with Gasteiger partial charge in [-0.2, -0.15) is 0 Å². The summed E-state index contributed by atoms with van der Waals surface area (Å²) in [4.78, 5) is 11.3. The lowest BCUT2D eigenvalue weighted by atomic mass is 10.1. The molecule has 16 heavy (non-hydrogen) atoms. The van der Waals surface area contributed by atoms with Gasteiger partial charge in [-0.05, 0) is 17.7 Å². The second-order valence-electron chi connectivity index (χ2n) is 3.22. The normalized spacial score (nSPS) is 9.94. The van der Waals surface area contributed by atoms with Crippen LogP contribution in [0.25, 0.3) is 0 Å². The Morgan fingerprint density at radius 1 is 1.56 bits per heavy atom. The Labute approximate surface area is 99.2 Å². The smallest absolute Gasteiger partial charge is 0.224 e. The van der Waals surface area contributed by atoms with Crippen molar-refractivity contribution in [3.63, 3.8) is 0 Å². The van der Waals surface area contributed by atoms with E-state index < -0.39 is 0 Å². The van der Waals surface area contributed by atoms with E-state index in [-0.39, 0.29) is 25.5 Å². The SMILES string of the molecule is COc1ccc(CC(=O)NCCO)cc1Cl. The average molecular weight is 244 g/mol. The second-order valence-corrected chi connectivity index (χ2v) is 3.63. The minimum Gasteiger partial charge on any atom is -0.495 e. The van der Waals surface area contributed by atoms with Crippen LogP contribution in [0.4, 0.5) is 0 Å². The standard InChI is InChI=1S/C11H14ClNO3/c1-16-10-3-2-8(6-9(10)12)7-11(15)13-4-5-14/h2-3,6,14H,4-5,7H2,1H3,(H,13,15). The molecule has 1 aromatic rings. The molecule has 5 heteroatoms. The highest BCUT2D eigenvalue weighted by Gasteiger charge is 2.05. The Balaban J connectivity index is 2.61. The molecular formula is C11H14ClNO3. The molecule has 0 saturated heterocycles. The van der Waals surface area contributed by atoms with E-state index in [0.29, 0.717) is 10.8 Å². The molecule has 0 aliphatic carbocycles. The van der Waals surface area contributed by atoms with Crippen molar-refractivity contribution >= 4 is 17.5 Å². The largest absolute Gasteiger partial charge is 0.495 e. The fourth-order valence-electron chi connectivity index (χ4n) is 1.26. The van der Waals surface area contributed by atoms with Gasteiger partial charge in [0.1, 0.15) is 5.75 Å². The fourth-order valence-corrected chi connectivity index (χ4v) is 1.54. The van der Waals surface area contributed by atoms with E-state index in [2.05, 4.69) is 5.32 Å². The predicted octanol–water partition coefficient (Wildman–Crippen LogP) is 1.000. The van der Waals surface area contributed by atoms with E-state index in [0.717, 1.165) is 5.56 Å². The van der Waals surface area contributed by atoms with Crippen LogP contribution in [-0.4, -0.2) is 31.3 Å². The van der Waals surface area contributed by atoms with Crippen LogP contribution in [0.15, 0.2) is 18.2 Å². The summed E-state index contributed by atoms with van der Waals surface area (Å²) in [7, 11) is 1.54. The Morgan fingerprint density at radius 2 is 2.31 bits per heavy atom. The van der Waals surface area contributed by atoms with E-state index in [1.54, 1.807) is 18.2 Å². The third-order valence-electron chi connectivity index (χ3n) is 2.01. The molecule has 1 aromatic carbocycles. The number of benzene rings is 1. The van der Waals surface area contributed by atoms with Gasteiger partial charge in [0.2, 0.25) is 5.91 Å². The average Bonchev–Trinajstić information content (AvgIpc) is 2.26. The molecule has 0 heterocycles. The Bertz CT molecular complexity index is 368. The molecule has 0 aliphatic heterocycles. The van der Waals surface area contributed by atoms with E-state index in [4.69, 9.17) is 21.4 Å². The molecular weight excluding hydrogens is 230 g/mol. The van der Waals surface area contributed by atoms with Crippen LogP contribution < -0.4 is 10.1 Å². The molecule has 0 spiro atoms. The van der Waals surface area contributed by atoms with Crippen LogP contribution in [0.1, 0.15) is 5.56 Å². The quantitative estimate of drug-likeness (QED) is 0.811. The lowest BCUT2D eigenvalue weighted by Gasteiger charge is -2.06. The summed E-state index contributed by atoms with van der Waals surface area (Å²) in [5.74, 6) is 0.441. The van der Waals surface area contributed by atoms with Crippen LogP contribution in [-0.2, 0) is 11.2 Å². The minimum atomic E-state index is -0.143. The van der Waals surface area contributed by atoms with Crippen molar-refractivity contribution in [3.05, 3.63) is 28.8 Å². The van der Waals surface area contributed by atoms with Crippen LogP contribution in [0, 0.1) is 0 Å². The zero-order valence-electron chi connectivity index (χ0n) is 9.00. The highest BCUT2D eigenvalue weighted by Crippen LogP contribution is 2.24. The number of nitrogens with one attached hydrogen (secondary N) is 1. The van der Waals surface area contributed by atoms with Gasteiger partial charge in [-0.3, -0.25) is 4.79 Å². The van der Waals surface area contributed by atoms with Crippen molar-refractivity contribution in [2.75, 3.05) is 20.3 Å². The maximum Gasteiger partial charge on any atom is 0.224 e. The number of carbonyl (C=O) groups excluding carboxylic acids is 1. The summed E-state index contributed by atoms with van der Waals surface area (Å²) in [6.07, 6.45) is 0.240. The number of aliphatic hydroxyl groups is 1. The number of rotatable bonds is 5. The number of hydrogen-bond acceptors (Lipinski definition) is 3. The zero-order valence-corrected chi connectivity index (χ0v) is 9.75. The summed E-state index contributed by atoms with van der Waals surface area (Å²) in [5, 5.41) is 11.6. The highest BCUT2D eigenvalue weighted by molar-refractivity contribution is 6.32. The summed E-state index contributed by atoms with van der Waals surface area (Å²) in [6, 6.07) is 5.19. The van der Waals surface area contributed by atoms with Crippen LogP contribution in [0.3, 0.4) is 0 Å². The third kappa shape index (κ3) is 3.72. The highest BCUT2D eigenvalue weighted by atomic mass is 35.5. The first-order valence-electron chi connectivity index (χ1n) is 4.87. The third-order valence-corrected chi connectivity index (χ3v) is 2.31. The molecule has 0 fully saturated rings. The van der Waals surface area contributed by atoms with Gasteiger partial charge >= 0.3 is 0 Å². The van der Waals surface area contributed by atoms with Crippen molar-refractivity contribution in [1.29, 1.82) is 0 Å². The summed E-state index contributed by atoms with van der Waals surface area (Å²) >= 11 is 5.92. The van der Waals surface area contributed by atoms with Crippen molar-refractivity contribution < 1.29 is 14.6 Å². The van der Waals surface area contributed by atoms with E-state index >= 15 is 0 Å². The molecule has 1 amide bonds. The van der Waals surface area contributed by atoms with Gasteiger partial charge in [0.25, 0.3) is 0 Å². The molecule has 88 valence electrons. The molecule has 0 aromatic heterocycles. The van der Waals surface area contributed by atoms with Crippen LogP contribution >= 0.6 is 11.6 Å². The minimum absolute atomic E-state index is 0.0604. The van der Waals surface area contributed by atoms with E-state index in [9.17, 15) is 4.79 Å². The van der Waals surface area contributed by atoms with Gasteiger partial charge < -0.3 is 15.2 Å². The Morgan fingerprint density at radius 3 is 2.88 bits per heavy atom. The topological polar surface area (TPSA) is 58.6 Å². The molecule has 4 nitrogen and oxygen atoms in total. The van der Waals surface area contributed by atoms with Gasteiger partial charge in [0.15, 0.2) is 0 Å². The second kappa shape index (κ2) is 6.35. The number of aliphatic hydroxyl groups excluding tert-OH is 1. The van der Waals surface area contributed by atoms with Crippen LogP contribution in [0.5, 0.6) is 5.75 Å². The molecule has 0 aliphatic rings. The van der Waals surface area contributed by atoms with Gasteiger partial charge in [-0.25, -0.2) is 0 Å². The van der Waals surface area contributed by atoms with Gasteiger partial charge in [0, 0.05) is 6.54 Å². The summed E-state index contributed by atoms with van der Waals surface area (Å²) in [6.45, 7) is 0.206. The number of hydrogen-bond donors (Lipinski definition) is 2. The Kier molecular flexibility index (Phi) is 5.08. The van der Waals surface area contributed by atoms with Crippen LogP contribution in [0.2, 0.25) is 5.02 Å². The molecule has 0 atom stereocenters. The monoisotopic (exact) mass is 243 g/mol. The van der Waals surface area contributed by atoms with Gasteiger partial charge in [-0.15, -0.1) is 0 Å². The first-order chi connectivity index (χ1) is 7.67. The van der Waals surface area contributed by atoms with Gasteiger partial charge in [0.05, 0.1) is 25.2 Å². The maximum absolute atomic E-state index is 11.3. The Hall–Kier alpha value is -1.26. The number of ether oxygens (including phenoxy) is 1. The maximum atomic E-state index is 11.3. The molecule has 1 rings (SSSR count). The number of methoxy groups -OCH3 is 1. The van der Waals surface area contributed by atoms with Crippen molar-refractivity contribution in [2.24, 2.45) is 0 Å². The zero-order chi connectivity index (χ0) is 12.0. The fraction of sp³-hybridized carbons (Fsp3) is 0.364. The van der Waals surface area contributed by atoms with E-state index in [1.165, 1.54) is 7.11 Å². The lowest BCUT2D eigenvalue weighted by Crippen LogP contribution is -2.27. The number of carbonyl (C=O) groups is 1. The molecule has 0 unspecified atom stereocenters. The molecule has 0 bridgehead atoms. The first-order valence-corrected chi connectivity index (χ1v) is 5.25. The molecule has 2 N–H and O–H groups in total. The first kappa shape index (κ1) is 12.8. The molecule has 0 saturated carbocycles. The van der Waals surface area contributed by atoms with Crippen molar-refractivity contribution in [3.8, 4) is 5.75 Å². The number of halogens is 1. The lowest BCUT2D eigenvalue weighted by molar-refractivity contribution is -0.120. The van der Waals surface area contributed by atoms with Crippen molar-refractivity contribution in [1.82, 2.24) is 5.32 Å². The van der Waals surface area contributed by atoms with Gasteiger partial charge in [-0.1, -0.05) is 17.7 Å². The summed E-state index contributed by atoms with van der Waals surface area (Å²) < 4.78 is 5.00.